The standard InChI is InChI=1S/C46H91O8P/c1-3-5-7-9-11-13-15-17-19-21-22-23-24-25-27-29-31-33-35-37-39-41-46(48)54-44(43-53-55(49,50)51)42-52-45(47)40-38-36-34-32-30-28-26-20-18-16-14-12-10-8-6-4-2/h44H,3-43H2,1-2H3,(H2,49,50,51). The third kappa shape index (κ3) is 45.6. The monoisotopic (exact) mass is 803 g/mol. The van der Waals surface area contributed by atoms with Crippen LogP contribution in [-0.4, -0.2) is 41.0 Å². The average molecular weight is 803 g/mol. The summed E-state index contributed by atoms with van der Waals surface area (Å²) in [6.45, 7) is 3.74. The van der Waals surface area contributed by atoms with Gasteiger partial charge in [0.25, 0.3) is 0 Å². The van der Waals surface area contributed by atoms with Gasteiger partial charge in [-0.1, -0.05) is 239 Å². The minimum Gasteiger partial charge on any atom is -0.462 e. The van der Waals surface area contributed by atoms with Crippen LogP contribution in [0.15, 0.2) is 0 Å². The second-order valence-corrected chi connectivity index (χ2v) is 17.7. The van der Waals surface area contributed by atoms with Gasteiger partial charge in [-0.05, 0) is 12.8 Å². The summed E-state index contributed by atoms with van der Waals surface area (Å²) in [6, 6.07) is 0. The molecule has 0 aromatic heterocycles. The molecule has 1 unspecified atom stereocenters. The van der Waals surface area contributed by atoms with Crippen LogP contribution in [0.1, 0.15) is 264 Å². The highest BCUT2D eigenvalue weighted by Gasteiger charge is 2.23. The lowest BCUT2D eigenvalue weighted by Gasteiger charge is -2.18. The summed E-state index contributed by atoms with van der Waals surface area (Å²) in [5.74, 6) is -0.863. The van der Waals surface area contributed by atoms with Gasteiger partial charge in [0.2, 0.25) is 0 Å². The summed E-state index contributed by atoms with van der Waals surface area (Å²) in [5, 5.41) is 0. The molecule has 328 valence electrons. The number of unbranched alkanes of at least 4 members (excludes halogenated alkanes) is 35. The number of phosphoric acid groups is 1. The number of hydrogen-bond donors (Lipinski definition) is 2. The Hall–Kier alpha value is -0.950. The average Bonchev–Trinajstić information content (AvgIpc) is 3.16. The van der Waals surface area contributed by atoms with Crippen molar-refractivity contribution in [2.24, 2.45) is 0 Å². The molecule has 0 saturated heterocycles. The molecule has 0 aromatic carbocycles. The van der Waals surface area contributed by atoms with Crippen LogP contribution in [0.5, 0.6) is 0 Å². The van der Waals surface area contributed by atoms with Crippen molar-refractivity contribution in [2.45, 2.75) is 270 Å². The number of hydrogen-bond acceptors (Lipinski definition) is 6. The second kappa shape index (κ2) is 42.7. The summed E-state index contributed by atoms with van der Waals surface area (Å²) < 4.78 is 26.5. The van der Waals surface area contributed by atoms with Crippen LogP contribution in [-0.2, 0) is 28.2 Å². The lowest BCUT2D eigenvalue weighted by atomic mass is 10.0. The van der Waals surface area contributed by atoms with E-state index in [4.69, 9.17) is 19.3 Å². The van der Waals surface area contributed by atoms with Crippen molar-refractivity contribution in [1.82, 2.24) is 0 Å². The van der Waals surface area contributed by atoms with Gasteiger partial charge >= 0.3 is 19.8 Å². The highest BCUT2D eigenvalue weighted by molar-refractivity contribution is 7.46. The molecule has 9 heteroatoms. The fourth-order valence-electron chi connectivity index (χ4n) is 7.32. The minimum atomic E-state index is -4.75. The van der Waals surface area contributed by atoms with Gasteiger partial charge in [0, 0.05) is 12.8 Å². The Bertz CT molecular complexity index is 863. The second-order valence-electron chi connectivity index (χ2n) is 16.5. The first-order valence-corrected chi connectivity index (χ1v) is 25.4. The molecule has 0 rings (SSSR count). The van der Waals surface area contributed by atoms with Gasteiger partial charge in [-0.2, -0.15) is 0 Å². The molecule has 0 amide bonds. The molecule has 0 aliphatic rings. The lowest BCUT2D eigenvalue weighted by Crippen LogP contribution is -2.29. The highest BCUT2D eigenvalue weighted by Crippen LogP contribution is 2.36. The first-order valence-electron chi connectivity index (χ1n) is 23.8. The van der Waals surface area contributed by atoms with Gasteiger partial charge in [0.1, 0.15) is 6.61 Å². The van der Waals surface area contributed by atoms with Gasteiger partial charge in [0.05, 0.1) is 6.61 Å². The van der Waals surface area contributed by atoms with E-state index in [1.807, 2.05) is 0 Å². The Kier molecular flexibility index (Phi) is 41.9. The van der Waals surface area contributed by atoms with E-state index >= 15 is 0 Å². The molecular formula is C46H91O8P. The van der Waals surface area contributed by atoms with E-state index in [1.165, 1.54) is 199 Å². The molecule has 1 atom stereocenters. The smallest absolute Gasteiger partial charge is 0.462 e. The molecule has 0 spiro atoms. The predicted molar refractivity (Wildman–Crippen MR) is 230 cm³/mol. The number of phosphoric ester groups is 1. The molecule has 0 bridgehead atoms. The van der Waals surface area contributed by atoms with E-state index in [-0.39, 0.29) is 19.4 Å². The minimum absolute atomic E-state index is 0.221. The molecule has 0 fully saturated rings. The molecule has 8 nitrogen and oxygen atoms in total. The molecule has 0 aromatic rings. The zero-order valence-corrected chi connectivity index (χ0v) is 37.3. The summed E-state index contributed by atoms with van der Waals surface area (Å²) >= 11 is 0. The van der Waals surface area contributed by atoms with E-state index in [0.717, 1.165) is 32.1 Å². The van der Waals surface area contributed by atoms with Crippen molar-refractivity contribution < 1.29 is 37.9 Å². The summed E-state index contributed by atoms with van der Waals surface area (Å²) in [7, 11) is -4.75. The van der Waals surface area contributed by atoms with E-state index in [2.05, 4.69) is 18.4 Å². The van der Waals surface area contributed by atoms with Crippen LogP contribution < -0.4 is 0 Å². The zero-order valence-electron chi connectivity index (χ0n) is 36.4. The maximum absolute atomic E-state index is 12.4. The molecule has 2 N–H and O–H groups in total. The van der Waals surface area contributed by atoms with Crippen LogP contribution in [0.25, 0.3) is 0 Å². The largest absolute Gasteiger partial charge is 0.469 e. The first kappa shape index (κ1) is 54.0. The number of rotatable bonds is 45. The van der Waals surface area contributed by atoms with Gasteiger partial charge in [-0.3, -0.25) is 14.1 Å². The van der Waals surface area contributed by atoms with E-state index in [0.29, 0.717) is 6.42 Å². The number of ether oxygens (including phenoxy) is 2. The van der Waals surface area contributed by atoms with Crippen LogP contribution in [0.2, 0.25) is 0 Å². The van der Waals surface area contributed by atoms with E-state index < -0.39 is 32.5 Å². The lowest BCUT2D eigenvalue weighted by molar-refractivity contribution is -0.161. The number of carbonyl (C=O) groups excluding carboxylic acids is 2. The van der Waals surface area contributed by atoms with Gasteiger partial charge < -0.3 is 19.3 Å². The molecular weight excluding hydrogens is 711 g/mol. The van der Waals surface area contributed by atoms with Gasteiger partial charge in [-0.25, -0.2) is 4.57 Å². The Morgan fingerprint density at radius 1 is 0.400 bits per heavy atom. The molecule has 0 heterocycles. The fraction of sp³-hybridized carbons (Fsp3) is 0.957. The Morgan fingerprint density at radius 2 is 0.655 bits per heavy atom. The van der Waals surface area contributed by atoms with Gasteiger partial charge in [0.15, 0.2) is 6.10 Å². The van der Waals surface area contributed by atoms with Crippen molar-refractivity contribution in [3.05, 3.63) is 0 Å². The van der Waals surface area contributed by atoms with Crippen LogP contribution in [0, 0.1) is 0 Å². The fourth-order valence-corrected chi connectivity index (χ4v) is 7.68. The number of carbonyl (C=O) groups is 2. The quantitative estimate of drug-likeness (QED) is 0.0355. The summed E-state index contributed by atoms with van der Waals surface area (Å²) in [5.41, 5.74) is 0. The van der Waals surface area contributed by atoms with Gasteiger partial charge in [-0.15, -0.1) is 0 Å². The molecule has 0 aliphatic carbocycles. The molecule has 0 aliphatic heterocycles. The van der Waals surface area contributed by atoms with Crippen LogP contribution in [0.3, 0.4) is 0 Å². The number of esters is 2. The summed E-state index contributed by atoms with van der Waals surface area (Å²) in [4.78, 5) is 43.0. The highest BCUT2D eigenvalue weighted by atomic mass is 31.2. The van der Waals surface area contributed by atoms with Crippen molar-refractivity contribution in [2.75, 3.05) is 13.2 Å². The van der Waals surface area contributed by atoms with Crippen molar-refractivity contribution in [3.8, 4) is 0 Å². The molecule has 0 radical (unpaired) electrons. The third-order valence-electron chi connectivity index (χ3n) is 10.9. The first-order chi connectivity index (χ1) is 26.8. The Morgan fingerprint density at radius 3 is 0.927 bits per heavy atom. The maximum Gasteiger partial charge on any atom is 0.469 e. The van der Waals surface area contributed by atoms with Crippen LogP contribution >= 0.6 is 7.82 Å². The zero-order chi connectivity index (χ0) is 40.3. The summed E-state index contributed by atoms with van der Waals surface area (Å²) in [6.07, 6.45) is 46.9. The third-order valence-corrected chi connectivity index (χ3v) is 11.4. The van der Waals surface area contributed by atoms with Crippen molar-refractivity contribution in [1.29, 1.82) is 0 Å². The van der Waals surface area contributed by atoms with E-state index in [1.54, 1.807) is 0 Å². The SMILES string of the molecule is CCCCCCCCCCCCCCCCCCCCCCCC(=O)OC(COC(=O)CCCCCCCCCCCCCCCCCC)COP(=O)(O)O. The topological polar surface area (TPSA) is 119 Å². The normalized spacial score (nSPS) is 12.3. The van der Waals surface area contributed by atoms with Crippen molar-refractivity contribution >= 4 is 19.8 Å². The predicted octanol–water partition coefficient (Wildman–Crippen LogP) is 14.8. The maximum atomic E-state index is 12.4. The Balaban J connectivity index is 3.78. The molecule has 0 saturated carbocycles. The van der Waals surface area contributed by atoms with E-state index in [9.17, 15) is 14.2 Å². The van der Waals surface area contributed by atoms with Crippen molar-refractivity contribution in [3.63, 3.8) is 0 Å². The Labute approximate surface area is 340 Å². The van der Waals surface area contributed by atoms with Crippen LogP contribution in [0.4, 0.5) is 0 Å². The molecule has 55 heavy (non-hydrogen) atoms.